The summed E-state index contributed by atoms with van der Waals surface area (Å²) in [5.41, 5.74) is 0.674. The number of methoxy groups -OCH3 is 1. The van der Waals surface area contributed by atoms with Crippen LogP contribution in [-0.4, -0.2) is 13.1 Å². The van der Waals surface area contributed by atoms with Crippen molar-refractivity contribution in [3.63, 3.8) is 0 Å². The molecule has 0 saturated carbocycles. The molecule has 1 aromatic carbocycles. The van der Waals surface area contributed by atoms with Gasteiger partial charge in [0, 0.05) is 0 Å². The van der Waals surface area contributed by atoms with Gasteiger partial charge in [0.2, 0.25) is 0 Å². The number of esters is 1. The van der Waals surface area contributed by atoms with Crippen molar-refractivity contribution in [2.24, 2.45) is 5.92 Å². The van der Waals surface area contributed by atoms with E-state index in [4.69, 9.17) is 16.3 Å². The lowest BCUT2D eigenvalue weighted by atomic mass is 9.88. The second kappa shape index (κ2) is 5.30. The smallest absolute Gasteiger partial charge is 0.313 e. The molecular weight excluding hydrogens is 231 g/mol. The van der Waals surface area contributed by atoms with Crippen LogP contribution in [0.2, 0.25) is 5.02 Å². The molecule has 0 amide bonds. The van der Waals surface area contributed by atoms with E-state index < -0.39 is 11.7 Å². The Hall–Kier alpha value is -1.09. The average molecular weight is 245 g/mol. The summed E-state index contributed by atoms with van der Waals surface area (Å²) in [6, 6.07) is 4.29. The van der Waals surface area contributed by atoms with Gasteiger partial charge in [-0.3, -0.25) is 4.79 Å². The molecule has 0 N–H and O–H groups in total. The molecule has 1 unspecified atom stereocenters. The van der Waals surface area contributed by atoms with E-state index in [2.05, 4.69) is 0 Å². The molecule has 0 saturated heterocycles. The lowest BCUT2D eigenvalue weighted by Gasteiger charge is -2.18. The minimum Gasteiger partial charge on any atom is -0.469 e. The van der Waals surface area contributed by atoms with Crippen molar-refractivity contribution in [3.8, 4) is 0 Å². The normalized spacial score (nSPS) is 12.6. The van der Waals surface area contributed by atoms with Crippen LogP contribution in [0.15, 0.2) is 18.2 Å². The summed E-state index contributed by atoms with van der Waals surface area (Å²) in [4.78, 5) is 11.6. The largest absolute Gasteiger partial charge is 0.469 e. The van der Waals surface area contributed by atoms with Crippen LogP contribution in [0.25, 0.3) is 0 Å². The summed E-state index contributed by atoms with van der Waals surface area (Å²) < 4.78 is 17.7. The Morgan fingerprint density at radius 3 is 2.50 bits per heavy atom. The molecule has 0 fully saturated rings. The van der Waals surface area contributed by atoms with Crippen molar-refractivity contribution in [2.75, 3.05) is 7.11 Å². The maximum atomic E-state index is 13.0. The number of hydrogen-bond acceptors (Lipinski definition) is 2. The predicted molar refractivity (Wildman–Crippen MR) is 61.0 cm³/mol. The van der Waals surface area contributed by atoms with Crippen LogP contribution in [0.3, 0.4) is 0 Å². The van der Waals surface area contributed by atoms with Gasteiger partial charge in [0.25, 0.3) is 0 Å². The Labute approximate surface area is 99.4 Å². The van der Waals surface area contributed by atoms with E-state index in [1.807, 2.05) is 13.8 Å². The molecule has 2 nitrogen and oxygen atoms in total. The molecule has 4 heteroatoms. The lowest BCUT2D eigenvalue weighted by Crippen LogP contribution is -2.19. The topological polar surface area (TPSA) is 26.3 Å². The fourth-order valence-electron chi connectivity index (χ4n) is 1.63. The summed E-state index contributed by atoms with van der Waals surface area (Å²) in [7, 11) is 1.34. The van der Waals surface area contributed by atoms with Gasteiger partial charge in [0.05, 0.1) is 18.1 Å². The molecule has 88 valence electrons. The monoisotopic (exact) mass is 244 g/mol. The number of halogens is 2. The van der Waals surface area contributed by atoms with Gasteiger partial charge in [-0.2, -0.15) is 0 Å². The SMILES string of the molecule is COC(=O)C(c1ccc(F)c(Cl)c1)C(C)C. The van der Waals surface area contributed by atoms with Crippen LogP contribution < -0.4 is 0 Å². The fourth-order valence-corrected chi connectivity index (χ4v) is 1.81. The molecule has 1 rings (SSSR count). The Morgan fingerprint density at radius 1 is 1.44 bits per heavy atom. The van der Waals surface area contributed by atoms with E-state index in [0.29, 0.717) is 5.56 Å². The first-order valence-electron chi connectivity index (χ1n) is 5.00. The summed E-state index contributed by atoms with van der Waals surface area (Å²) >= 11 is 5.68. The summed E-state index contributed by atoms with van der Waals surface area (Å²) in [6.45, 7) is 3.80. The number of benzene rings is 1. The fraction of sp³-hybridized carbons (Fsp3) is 0.417. The van der Waals surface area contributed by atoms with Crippen molar-refractivity contribution >= 4 is 17.6 Å². The van der Waals surface area contributed by atoms with E-state index in [0.717, 1.165) is 0 Å². The van der Waals surface area contributed by atoms with Gasteiger partial charge in [0.1, 0.15) is 5.82 Å². The highest BCUT2D eigenvalue weighted by Crippen LogP contribution is 2.28. The van der Waals surface area contributed by atoms with Crippen LogP contribution in [-0.2, 0) is 9.53 Å². The van der Waals surface area contributed by atoms with Crippen LogP contribution in [0.1, 0.15) is 25.3 Å². The summed E-state index contributed by atoms with van der Waals surface area (Å²) in [5, 5.41) is 0.0204. The number of hydrogen-bond donors (Lipinski definition) is 0. The Kier molecular flexibility index (Phi) is 4.30. The number of carbonyl (C=O) groups is 1. The third-order valence-electron chi connectivity index (χ3n) is 2.42. The lowest BCUT2D eigenvalue weighted by molar-refractivity contribution is -0.143. The number of rotatable bonds is 3. The Bertz CT molecular complexity index is 391. The highest BCUT2D eigenvalue weighted by atomic mass is 35.5. The van der Waals surface area contributed by atoms with E-state index in [1.54, 1.807) is 6.07 Å². The van der Waals surface area contributed by atoms with Gasteiger partial charge in [-0.15, -0.1) is 0 Å². The van der Waals surface area contributed by atoms with Crippen LogP contribution >= 0.6 is 11.6 Å². The molecule has 16 heavy (non-hydrogen) atoms. The van der Waals surface area contributed by atoms with Gasteiger partial charge < -0.3 is 4.74 Å². The molecule has 0 aromatic heterocycles. The van der Waals surface area contributed by atoms with E-state index >= 15 is 0 Å². The molecule has 0 spiro atoms. The minimum absolute atomic E-state index is 0.0204. The van der Waals surface area contributed by atoms with Crippen molar-refractivity contribution in [3.05, 3.63) is 34.6 Å². The van der Waals surface area contributed by atoms with Crippen LogP contribution in [0.4, 0.5) is 4.39 Å². The first-order chi connectivity index (χ1) is 7.47. The Balaban J connectivity index is 3.11. The highest BCUT2D eigenvalue weighted by molar-refractivity contribution is 6.30. The first kappa shape index (κ1) is 13.0. The minimum atomic E-state index is -0.488. The first-order valence-corrected chi connectivity index (χ1v) is 5.38. The quantitative estimate of drug-likeness (QED) is 0.762. The third kappa shape index (κ3) is 2.73. The average Bonchev–Trinajstić information content (AvgIpc) is 2.22. The molecule has 0 aliphatic rings. The van der Waals surface area contributed by atoms with Crippen molar-refractivity contribution in [1.29, 1.82) is 0 Å². The zero-order valence-corrected chi connectivity index (χ0v) is 10.2. The zero-order chi connectivity index (χ0) is 12.3. The molecule has 0 aliphatic carbocycles. The second-order valence-electron chi connectivity index (χ2n) is 3.92. The molecule has 0 aliphatic heterocycles. The van der Waals surface area contributed by atoms with Crippen LogP contribution in [0, 0.1) is 11.7 Å². The number of carbonyl (C=O) groups excluding carboxylic acids is 1. The number of ether oxygens (including phenoxy) is 1. The maximum absolute atomic E-state index is 13.0. The second-order valence-corrected chi connectivity index (χ2v) is 4.33. The van der Waals surface area contributed by atoms with E-state index in [1.165, 1.54) is 19.2 Å². The standard InChI is InChI=1S/C12H14ClFO2/c1-7(2)11(12(15)16-3)8-4-5-10(14)9(13)6-8/h4-7,11H,1-3H3. The molecular formula is C12H14ClFO2. The van der Waals surface area contributed by atoms with Crippen LogP contribution in [0.5, 0.6) is 0 Å². The van der Waals surface area contributed by atoms with Gasteiger partial charge >= 0.3 is 5.97 Å². The van der Waals surface area contributed by atoms with E-state index in [9.17, 15) is 9.18 Å². The molecule has 1 atom stereocenters. The molecule has 0 bridgehead atoms. The summed E-state index contributed by atoms with van der Waals surface area (Å²) in [5.74, 6) is -1.17. The highest BCUT2D eigenvalue weighted by Gasteiger charge is 2.25. The van der Waals surface area contributed by atoms with E-state index in [-0.39, 0.29) is 16.9 Å². The van der Waals surface area contributed by atoms with Crippen molar-refractivity contribution in [2.45, 2.75) is 19.8 Å². The predicted octanol–water partition coefficient (Wildman–Crippen LogP) is 3.39. The van der Waals surface area contributed by atoms with Crippen molar-refractivity contribution < 1.29 is 13.9 Å². The Morgan fingerprint density at radius 2 is 2.06 bits per heavy atom. The van der Waals surface area contributed by atoms with Gasteiger partial charge in [-0.05, 0) is 23.6 Å². The zero-order valence-electron chi connectivity index (χ0n) is 9.46. The van der Waals surface area contributed by atoms with Gasteiger partial charge in [-0.1, -0.05) is 31.5 Å². The van der Waals surface area contributed by atoms with Gasteiger partial charge in [0.15, 0.2) is 0 Å². The summed E-state index contributed by atoms with van der Waals surface area (Å²) in [6.07, 6.45) is 0. The molecule has 1 aromatic rings. The molecule has 0 heterocycles. The third-order valence-corrected chi connectivity index (χ3v) is 2.71. The van der Waals surface area contributed by atoms with Crippen molar-refractivity contribution in [1.82, 2.24) is 0 Å². The van der Waals surface area contributed by atoms with Gasteiger partial charge in [-0.25, -0.2) is 4.39 Å². The maximum Gasteiger partial charge on any atom is 0.313 e. The molecule has 0 radical (unpaired) electrons.